The van der Waals surface area contributed by atoms with E-state index in [1.807, 2.05) is 24.3 Å². The minimum Gasteiger partial charge on any atom is -0.497 e. The predicted molar refractivity (Wildman–Crippen MR) is 104 cm³/mol. The number of hydrogen-bond acceptors (Lipinski definition) is 5. The first-order chi connectivity index (χ1) is 13.3. The first-order valence-corrected chi connectivity index (χ1v) is 9.53. The highest BCUT2D eigenvalue weighted by molar-refractivity contribution is 5.56. The molecule has 2 heterocycles. The van der Waals surface area contributed by atoms with Gasteiger partial charge in [0.25, 0.3) is 0 Å². The predicted octanol–water partition coefficient (Wildman–Crippen LogP) is 4.20. The Labute approximate surface area is 160 Å². The van der Waals surface area contributed by atoms with Crippen LogP contribution in [0.15, 0.2) is 59.1 Å². The van der Waals surface area contributed by atoms with Gasteiger partial charge >= 0.3 is 0 Å². The van der Waals surface area contributed by atoms with E-state index in [2.05, 4.69) is 45.4 Å². The zero-order chi connectivity index (χ0) is 18.5. The van der Waals surface area contributed by atoms with E-state index in [1.165, 1.54) is 24.8 Å². The normalized spacial score (nSPS) is 15.7. The van der Waals surface area contributed by atoms with Crippen LogP contribution in [0.1, 0.15) is 24.3 Å². The lowest BCUT2D eigenvalue weighted by Gasteiger charge is -2.31. The summed E-state index contributed by atoms with van der Waals surface area (Å²) in [5, 5.41) is 4.13. The number of aromatic nitrogens is 2. The maximum absolute atomic E-state index is 5.47. The summed E-state index contributed by atoms with van der Waals surface area (Å²) in [6.07, 6.45) is 3.60. The lowest BCUT2D eigenvalue weighted by Crippen LogP contribution is -2.33. The Morgan fingerprint density at radius 2 is 1.89 bits per heavy atom. The van der Waals surface area contributed by atoms with Gasteiger partial charge in [0.05, 0.1) is 13.7 Å². The molecule has 0 spiro atoms. The van der Waals surface area contributed by atoms with Crippen molar-refractivity contribution in [2.45, 2.75) is 25.8 Å². The monoisotopic (exact) mass is 363 g/mol. The molecule has 4 rings (SSSR count). The smallest absolute Gasteiger partial charge is 0.241 e. The van der Waals surface area contributed by atoms with Crippen LogP contribution in [0.5, 0.6) is 5.75 Å². The molecule has 0 saturated carbocycles. The summed E-state index contributed by atoms with van der Waals surface area (Å²) in [5.41, 5.74) is 2.35. The summed E-state index contributed by atoms with van der Waals surface area (Å²) in [6, 6.07) is 18.5. The second-order valence-electron chi connectivity index (χ2n) is 7.15. The fraction of sp³-hybridized carbons (Fsp3) is 0.364. The van der Waals surface area contributed by atoms with E-state index >= 15 is 0 Å². The number of likely N-dealkylation sites (tertiary alicyclic amines) is 1. The second kappa shape index (κ2) is 8.35. The molecule has 0 atom stereocenters. The maximum atomic E-state index is 5.47. The summed E-state index contributed by atoms with van der Waals surface area (Å²) in [5.74, 6) is 2.84. The zero-order valence-electron chi connectivity index (χ0n) is 15.7. The van der Waals surface area contributed by atoms with Gasteiger partial charge in [0.1, 0.15) is 5.75 Å². The van der Waals surface area contributed by atoms with E-state index in [-0.39, 0.29) is 0 Å². The third kappa shape index (κ3) is 4.55. The van der Waals surface area contributed by atoms with Crippen LogP contribution in [0.25, 0.3) is 11.4 Å². The van der Waals surface area contributed by atoms with Crippen molar-refractivity contribution in [3.05, 3.63) is 66.1 Å². The molecule has 0 radical (unpaired) electrons. The fourth-order valence-corrected chi connectivity index (χ4v) is 3.69. The largest absolute Gasteiger partial charge is 0.497 e. The molecular weight excluding hydrogens is 338 g/mol. The average molecular weight is 363 g/mol. The number of benzene rings is 2. The first-order valence-electron chi connectivity index (χ1n) is 9.53. The SMILES string of the molecule is COc1cccc(-c2noc(CN3CCC(Cc4ccccc4)CC3)n2)c1. The van der Waals surface area contributed by atoms with Crippen LogP contribution < -0.4 is 4.74 Å². The molecule has 2 aromatic carbocycles. The summed E-state index contributed by atoms with van der Waals surface area (Å²) < 4.78 is 10.7. The van der Waals surface area contributed by atoms with Gasteiger partial charge in [-0.05, 0) is 56.0 Å². The minimum absolute atomic E-state index is 0.614. The van der Waals surface area contributed by atoms with Gasteiger partial charge in [-0.3, -0.25) is 4.90 Å². The molecule has 3 aromatic rings. The third-order valence-electron chi connectivity index (χ3n) is 5.23. The Morgan fingerprint density at radius 3 is 2.67 bits per heavy atom. The molecule has 5 heteroatoms. The standard InChI is InChI=1S/C22H25N3O2/c1-26-20-9-5-8-19(15-20)22-23-21(27-24-22)16-25-12-10-18(11-13-25)14-17-6-3-2-4-7-17/h2-9,15,18H,10-14,16H2,1H3. The van der Waals surface area contributed by atoms with Crippen molar-refractivity contribution in [3.63, 3.8) is 0 Å². The number of methoxy groups -OCH3 is 1. The van der Waals surface area contributed by atoms with Crippen LogP contribution in [0.3, 0.4) is 0 Å². The van der Waals surface area contributed by atoms with E-state index < -0.39 is 0 Å². The Hall–Kier alpha value is -2.66. The van der Waals surface area contributed by atoms with Crippen LogP contribution in [0.2, 0.25) is 0 Å². The molecule has 27 heavy (non-hydrogen) atoms. The summed E-state index contributed by atoms with van der Waals surface area (Å²) in [7, 11) is 1.65. The number of hydrogen-bond donors (Lipinski definition) is 0. The van der Waals surface area contributed by atoms with Crippen LogP contribution in [0, 0.1) is 5.92 Å². The fourth-order valence-electron chi connectivity index (χ4n) is 3.69. The lowest BCUT2D eigenvalue weighted by molar-refractivity contribution is 0.159. The molecule has 0 aliphatic carbocycles. The molecule has 1 fully saturated rings. The number of rotatable bonds is 6. The van der Waals surface area contributed by atoms with Crippen LogP contribution in [0.4, 0.5) is 0 Å². The van der Waals surface area contributed by atoms with E-state index in [9.17, 15) is 0 Å². The quantitative estimate of drug-likeness (QED) is 0.657. The van der Waals surface area contributed by atoms with Gasteiger partial charge in [-0.15, -0.1) is 0 Å². The summed E-state index contributed by atoms with van der Waals surface area (Å²) in [6.45, 7) is 2.87. The van der Waals surface area contributed by atoms with Crippen molar-refractivity contribution in [3.8, 4) is 17.1 Å². The first kappa shape index (κ1) is 17.7. The topological polar surface area (TPSA) is 51.4 Å². The Balaban J connectivity index is 1.31. The summed E-state index contributed by atoms with van der Waals surface area (Å²) >= 11 is 0. The van der Waals surface area contributed by atoms with E-state index in [1.54, 1.807) is 7.11 Å². The van der Waals surface area contributed by atoms with Gasteiger partial charge in [-0.2, -0.15) is 4.98 Å². The van der Waals surface area contributed by atoms with Gasteiger partial charge in [0.2, 0.25) is 11.7 Å². The Kier molecular flexibility index (Phi) is 5.49. The van der Waals surface area contributed by atoms with Crippen molar-refractivity contribution in [1.29, 1.82) is 0 Å². The molecule has 0 unspecified atom stereocenters. The second-order valence-corrected chi connectivity index (χ2v) is 7.15. The average Bonchev–Trinajstić information content (AvgIpc) is 3.19. The van der Waals surface area contributed by atoms with Crippen molar-refractivity contribution >= 4 is 0 Å². The zero-order valence-corrected chi connectivity index (χ0v) is 15.7. The Morgan fingerprint density at radius 1 is 1.07 bits per heavy atom. The molecule has 140 valence electrons. The van der Waals surface area contributed by atoms with Gasteiger partial charge in [-0.25, -0.2) is 0 Å². The van der Waals surface area contributed by atoms with E-state index in [0.29, 0.717) is 11.7 Å². The lowest BCUT2D eigenvalue weighted by atomic mass is 9.90. The number of nitrogens with zero attached hydrogens (tertiary/aromatic N) is 3. The van der Waals surface area contributed by atoms with Crippen molar-refractivity contribution in [1.82, 2.24) is 15.0 Å². The van der Waals surface area contributed by atoms with E-state index in [0.717, 1.165) is 36.9 Å². The van der Waals surface area contributed by atoms with Gasteiger partial charge < -0.3 is 9.26 Å². The molecule has 1 aliphatic rings. The van der Waals surface area contributed by atoms with Gasteiger partial charge in [0, 0.05) is 5.56 Å². The van der Waals surface area contributed by atoms with E-state index in [4.69, 9.17) is 9.26 Å². The molecule has 1 aromatic heterocycles. The molecule has 1 saturated heterocycles. The summed E-state index contributed by atoms with van der Waals surface area (Å²) in [4.78, 5) is 6.97. The van der Waals surface area contributed by atoms with Crippen molar-refractivity contribution in [2.24, 2.45) is 5.92 Å². The van der Waals surface area contributed by atoms with Crippen LogP contribution in [-0.2, 0) is 13.0 Å². The molecule has 0 N–H and O–H groups in total. The maximum Gasteiger partial charge on any atom is 0.241 e. The third-order valence-corrected chi connectivity index (χ3v) is 5.23. The highest BCUT2D eigenvalue weighted by Gasteiger charge is 2.21. The molecule has 5 nitrogen and oxygen atoms in total. The van der Waals surface area contributed by atoms with Crippen LogP contribution >= 0.6 is 0 Å². The molecule has 0 bridgehead atoms. The van der Waals surface area contributed by atoms with Gasteiger partial charge in [-0.1, -0.05) is 47.6 Å². The van der Waals surface area contributed by atoms with Crippen molar-refractivity contribution in [2.75, 3.05) is 20.2 Å². The molecular formula is C22H25N3O2. The molecule has 1 aliphatic heterocycles. The highest BCUT2D eigenvalue weighted by Crippen LogP contribution is 2.24. The molecule has 0 amide bonds. The van der Waals surface area contributed by atoms with Crippen LogP contribution in [-0.4, -0.2) is 35.2 Å². The van der Waals surface area contributed by atoms with Crippen molar-refractivity contribution < 1.29 is 9.26 Å². The Bertz CT molecular complexity index is 855. The number of ether oxygens (including phenoxy) is 1. The number of piperidine rings is 1. The highest BCUT2D eigenvalue weighted by atomic mass is 16.5. The van der Waals surface area contributed by atoms with Gasteiger partial charge in [0.15, 0.2) is 0 Å². The minimum atomic E-state index is 0.614.